The maximum absolute atomic E-state index is 15.2. The largest absolute Gasteiger partial charge is 0.511 e. The first-order valence-electron chi connectivity index (χ1n) is 11.2. The first-order chi connectivity index (χ1) is 17.7. The number of ether oxygens (including phenoxy) is 2. The molecule has 0 spiro atoms. The number of carbonyl (C=O) groups excluding carboxylic acids is 1. The van der Waals surface area contributed by atoms with Crippen molar-refractivity contribution in [2.75, 3.05) is 37.0 Å². The van der Waals surface area contributed by atoms with Gasteiger partial charge in [0.05, 0.1) is 17.0 Å². The van der Waals surface area contributed by atoms with Crippen molar-refractivity contribution in [2.24, 2.45) is 5.92 Å². The van der Waals surface area contributed by atoms with Crippen LogP contribution in [0.4, 0.5) is 19.7 Å². The Morgan fingerprint density at radius 2 is 1.97 bits per heavy atom. The number of alkyl carbamates (subject to hydrolysis) is 1. The molecule has 4 rings (SSSR count). The van der Waals surface area contributed by atoms with E-state index < -0.39 is 40.4 Å². The molecule has 1 aliphatic rings. The number of hydrogen-bond donors (Lipinski definition) is 4. The number of aromatic hydroxyl groups is 1. The lowest BCUT2D eigenvalue weighted by Gasteiger charge is -2.23. The highest BCUT2D eigenvalue weighted by Crippen LogP contribution is 2.40. The number of phenols is 1. The number of halogens is 2. The number of aromatic nitrogens is 1. The Kier molecular flexibility index (Phi) is 7.58. The topological polar surface area (TPSA) is 142 Å². The maximum Gasteiger partial charge on any atom is 0.511 e. The number of carboxylic acid groups (broad SMARTS) is 1. The monoisotopic (exact) mass is 534 g/mol. The van der Waals surface area contributed by atoms with E-state index in [2.05, 4.69) is 15.5 Å². The smallest absolute Gasteiger partial charge is 0.504 e. The van der Waals surface area contributed by atoms with E-state index in [4.69, 9.17) is 21.4 Å². The summed E-state index contributed by atoms with van der Waals surface area (Å²) in [6.45, 7) is 0.627. The molecule has 37 heavy (non-hydrogen) atoms. The molecule has 0 radical (unpaired) electrons. The number of pyridine rings is 1. The molecule has 1 fully saturated rings. The van der Waals surface area contributed by atoms with Gasteiger partial charge in [-0.2, -0.15) is 0 Å². The standard InChI is InChI=1S/C24H24ClFN4O7/c1-27-30-11-18(37-24(34)35)21(31)15-7-17(26)20(22(32)19(15)30)29-9-14(16(25)10-29)8-28-23(33)36-12-13-5-3-2-4-6-13/h2-7,11,14,16,27,32H,8-10,12H2,1H3,(H,28,33)(H,34,35). The fourth-order valence-electron chi connectivity index (χ4n) is 4.25. The van der Waals surface area contributed by atoms with Crippen LogP contribution in [0.5, 0.6) is 11.5 Å². The SMILES string of the molecule is CNn1cc(OC(=O)O)c(=O)c2cc(F)c(N3CC(Cl)C(CNC(=O)OCc4ccccc4)C3)c(O)c21. The van der Waals surface area contributed by atoms with Gasteiger partial charge in [0.1, 0.15) is 17.8 Å². The van der Waals surface area contributed by atoms with E-state index in [1.54, 1.807) is 0 Å². The van der Waals surface area contributed by atoms with Gasteiger partial charge < -0.3 is 35.3 Å². The molecule has 0 aliphatic carbocycles. The van der Waals surface area contributed by atoms with Gasteiger partial charge in [0, 0.05) is 32.6 Å². The van der Waals surface area contributed by atoms with Gasteiger partial charge in [0.2, 0.25) is 11.2 Å². The average Bonchev–Trinajstić information content (AvgIpc) is 3.23. The van der Waals surface area contributed by atoms with Crippen molar-refractivity contribution in [3.8, 4) is 11.5 Å². The Labute approximate surface area is 214 Å². The zero-order valence-corrected chi connectivity index (χ0v) is 20.4. The van der Waals surface area contributed by atoms with E-state index in [0.29, 0.717) is 0 Å². The van der Waals surface area contributed by atoms with Crippen molar-refractivity contribution < 1.29 is 33.7 Å². The van der Waals surface area contributed by atoms with Gasteiger partial charge in [-0.3, -0.25) is 9.47 Å². The number of carbonyl (C=O) groups is 2. The van der Waals surface area contributed by atoms with Crippen LogP contribution in [0.2, 0.25) is 0 Å². The second kappa shape index (κ2) is 10.8. The number of rotatable bonds is 7. The Morgan fingerprint density at radius 1 is 1.24 bits per heavy atom. The number of nitrogens with one attached hydrogen (secondary N) is 2. The molecule has 2 unspecified atom stereocenters. The third kappa shape index (κ3) is 5.48. The molecule has 13 heteroatoms. The fraction of sp³-hybridized carbons (Fsp3) is 0.292. The highest BCUT2D eigenvalue weighted by molar-refractivity contribution is 6.21. The molecule has 2 atom stereocenters. The summed E-state index contributed by atoms with van der Waals surface area (Å²) in [5, 5.41) is 21.8. The summed E-state index contributed by atoms with van der Waals surface area (Å²) in [4.78, 5) is 37.2. The summed E-state index contributed by atoms with van der Waals surface area (Å²) in [5.74, 6) is -2.30. The predicted molar refractivity (Wildman–Crippen MR) is 134 cm³/mol. The van der Waals surface area contributed by atoms with E-state index in [-0.39, 0.29) is 48.7 Å². The summed E-state index contributed by atoms with van der Waals surface area (Å²) in [7, 11) is 1.46. The van der Waals surface area contributed by atoms with Crippen LogP contribution in [0, 0.1) is 11.7 Å². The number of alkyl halides is 1. The van der Waals surface area contributed by atoms with Crippen LogP contribution in [0.1, 0.15) is 5.56 Å². The Balaban J connectivity index is 1.52. The molecule has 1 aliphatic heterocycles. The Bertz CT molecular complexity index is 1390. The van der Waals surface area contributed by atoms with Crippen LogP contribution in [0.3, 0.4) is 0 Å². The molecule has 2 aromatic carbocycles. The lowest BCUT2D eigenvalue weighted by Crippen LogP contribution is -2.33. The number of hydrogen-bond acceptors (Lipinski definition) is 8. The molecule has 0 saturated carbocycles. The first-order valence-corrected chi connectivity index (χ1v) is 11.7. The van der Waals surface area contributed by atoms with Crippen molar-refractivity contribution in [2.45, 2.75) is 12.0 Å². The number of phenolic OH excluding ortho intramolecular Hbond substituents is 1. The van der Waals surface area contributed by atoms with E-state index >= 15 is 4.39 Å². The van der Waals surface area contributed by atoms with E-state index in [1.807, 2.05) is 30.3 Å². The second-order valence-corrected chi connectivity index (χ2v) is 8.92. The van der Waals surface area contributed by atoms with Gasteiger partial charge in [-0.1, -0.05) is 30.3 Å². The van der Waals surface area contributed by atoms with Crippen LogP contribution in [0.25, 0.3) is 10.9 Å². The molecule has 1 saturated heterocycles. The zero-order valence-electron chi connectivity index (χ0n) is 19.6. The van der Waals surface area contributed by atoms with Gasteiger partial charge in [-0.15, -0.1) is 11.6 Å². The van der Waals surface area contributed by atoms with Gasteiger partial charge in [0.15, 0.2) is 11.6 Å². The lowest BCUT2D eigenvalue weighted by atomic mass is 10.1. The van der Waals surface area contributed by atoms with Crippen LogP contribution in [-0.4, -0.2) is 59.2 Å². The number of fused-ring (bicyclic) bond motifs is 1. The molecule has 3 aromatic rings. The van der Waals surface area contributed by atoms with E-state index in [9.17, 15) is 19.5 Å². The Morgan fingerprint density at radius 3 is 2.65 bits per heavy atom. The molecule has 196 valence electrons. The predicted octanol–water partition coefficient (Wildman–Crippen LogP) is 3.05. The van der Waals surface area contributed by atoms with Crippen molar-refractivity contribution in [3.05, 3.63) is 64.2 Å². The summed E-state index contributed by atoms with van der Waals surface area (Å²) in [6, 6.07) is 10.1. The van der Waals surface area contributed by atoms with Crippen molar-refractivity contribution in [3.63, 3.8) is 0 Å². The van der Waals surface area contributed by atoms with Crippen LogP contribution >= 0.6 is 11.6 Å². The van der Waals surface area contributed by atoms with Crippen molar-refractivity contribution in [1.82, 2.24) is 9.99 Å². The molecule has 4 N–H and O–H groups in total. The van der Waals surface area contributed by atoms with Crippen LogP contribution in [0.15, 0.2) is 47.4 Å². The third-order valence-corrected chi connectivity index (χ3v) is 6.49. The summed E-state index contributed by atoms with van der Waals surface area (Å²) < 4.78 is 26.1. The third-order valence-electron chi connectivity index (χ3n) is 5.99. The minimum Gasteiger partial charge on any atom is -0.504 e. The summed E-state index contributed by atoms with van der Waals surface area (Å²) >= 11 is 6.48. The number of amides is 1. The van der Waals surface area contributed by atoms with Gasteiger partial charge in [-0.25, -0.2) is 14.0 Å². The molecule has 2 heterocycles. The molecular formula is C24H24ClFN4O7. The van der Waals surface area contributed by atoms with Crippen LogP contribution < -0.4 is 25.8 Å². The zero-order chi connectivity index (χ0) is 26.7. The number of nitrogens with zero attached hydrogens (tertiary/aromatic N) is 2. The number of anilines is 1. The molecule has 0 bridgehead atoms. The van der Waals surface area contributed by atoms with Gasteiger partial charge in [-0.05, 0) is 11.6 Å². The molecular weight excluding hydrogens is 511 g/mol. The highest BCUT2D eigenvalue weighted by atomic mass is 35.5. The fourth-order valence-corrected chi connectivity index (χ4v) is 4.58. The molecule has 1 amide bonds. The van der Waals surface area contributed by atoms with E-state index in [1.165, 1.54) is 11.9 Å². The minimum absolute atomic E-state index is 0.0705. The van der Waals surface area contributed by atoms with Gasteiger partial charge in [0.25, 0.3) is 0 Å². The quantitative estimate of drug-likeness (QED) is 0.266. The van der Waals surface area contributed by atoms with Crippen molar-refractivity contribution in [1.29, 1.82) is 0 Å². The first kappa shape index (κ1) is 25.9. The maximum atomic E-state index is 15.2. The van der Waals surface area contributed by atoms with Gasteiger partial charge >= 0.3 is 12.2 Å². The minimum atomic E-state index is -1.71. The number of benzene rings is 2. The summed E-state index contributed by atoms with van der Waals surface area (Å²) in [6.07, 6.45) is -1.29. The lowest BCUT2D eigenvalue weighted by molar-refractivity contribution is 0.138. The average molecular weight is 535 g/mol. The van der Waals surface area contributed by atoms with Crippen molar-refractivity contribution >= 4 is 40.4 Å². The van der Waals surface area contributed by atoms with Crippen LogP contribution in [-0.2, 0) is 11.3 Å². The second-order valence-electron chi connectivity index (χ2n) is 8.36. The highest BCUT2D eigenvalue weighted by Gasteiger charge is 2.35. The molecule has 1 aromatic heterocycles. The normalized spacial score (nSPS) is 17.0. The Hall–Kier alpha value is -4.19. The van der Waals surface area contributed by atoms with E-state index in [0.717, 1.165) is 22.5 Å². The molecule has 11 nitrogen and oxygen atoms in total. The summed E-state index contributed by atoms with van der Waals surface area (Å²) in [5.41, 5.74) is 2.36.